The first-order valence-electron chi connectivity index (χ1n) is 7.11. The van der Waals surface area contributed by atoms with Crippen LogP contribution in [-0.4, -0.2) is 25.5 Å². The maximum absolute atomic E-state index is 13.2. The third kappa shape index (κ3) is 3.15. The van der Waals surface area contributed by atoms with Gasteiger partial charge in [-0.15, -0.1) is 0 Å². The lowest BCUT2D eigenvalue weighted by atomic mass is 10.1. The van der Waals surface area contributed by atoms with Crippen molar-refractivity contribution in [1.29, 1.82) is 0 Å². The molecule has 0 aromatic heterocycles. The highest BCUT2D eigenvalue weighted by atomic mass is 19.1. The summed E-state index contributed by atoms with van der Waals surface area (Å²) in [6, 6.07) is 11.1. The molecule has 0 fully saturated rings. The first-order valence-corrected chi connectivity index (χ1v) is 7.11. The lowest BCUT2D eigenvalue weighted by molar-refractivity contribution is -0.121. The van der Waals surface area contributed by atoms with Gasteiger partial charge in [0.1, 0.15) is 17.3 Å². The molecule has 0 unspecified atom stereocenters. The first kappa shape index (κ1) is 15.0. The molecular weight excluding hydrogens is 299 g/mol. The molecule has 0 bridgehead atoms. The van der Waals surface area contributed by atoms with E-state index in [0.29, 0.717) is 22.7 Å². The average Bonchev–Trinajstić information content (AvgIpc) is 2.51. The molecule has 3 rings (SSSR count). The van der Waals surface area contributed by atoms with Gasteiger partial charge in [0.2, 0.25) is 5.91 Å². The number of anilines is 2. The molecule has 0 aliphatic carbocycles. The van der Waals surface area contributed by atoms with Crippen molar-refractivity contribution in [3.05, 3.63) is 53.8 Å². The van der Waals surface area contributed by atoms with E-state index in [1.165, 1.54) is 17.0 Å². The molecule has 1 aliphatic heterocycles. The summed E-state index contributed by atoms with van der Waals surface area (Å²) >= 11 is 0. The van der Waals surface area contributed by atoms with E-state index >= 15 is 0 Å². The van der Waals surface area contributed by atoms with E-state index < -0.39 is 0 Å². The van der Waals surface area contributed by atoms with Gasteiger partial charge in [-0.2, -0.15) is 0 Å². The van der Waals surface area contributed by atoms with Gasteiger partial charge >= 0.3 is 0 Å². The molecule has 23 heavy (non-hydrogen) atoms. The third-order valence-corrected chi connectivity index (χ3v) is 3.59. The highest BCUT2D eigenvalue weighted by Crippen LogP contribution is 2.37. The molecule has 5 nitrogen and oxygen atoms in total. The van der Waals surface area contributed by atoms with Gasteiger partial charge in [0, 0.05) is 7.05 Å². The number of rotatable bonds is 3. The second-order valence-electron chi connectivity index (χ2n) is 5.25. The summed E-state index contributed by atoms with van der Waals surface area (Å²) in [7, 11) is 1.63. The third-order valence-electron chi connectivity index (χ3n) is 3.59. The molecule has 2 aromatic carbocycles. The standard InChI is InChI=1S/C17H15FN2O3/c1-20-16(22)10-23-14-7-3-6-13(17(14)20)19-15(21)9-11-4-2-5-12(18)8-11/h2-8H,9-10H2,1H3,(H,19,21). The highest BCUT2D eigenvalue weighted by molar-refractivity contribution is 6.04. The van der Waals surface area contributed by atoms with Crippen molar-refractivity contribution < 1.29 is 18.7 Å². The van der Waals surface area contributed by atoms with Crippen LogP contribution in [0.4, 0.5) is 15.8 Å². The van der Waals surface area contributed by atoms with Gasteiger partial charge < -0.3 is 15.0 Å². The Balaban J connectivity index is 1.81. The quantitative estimate of drug-likeness (QED) is 0.946. The van der Waals surface area contributed by atoms with Crippen LogP contribution in [0, 0.1) is 5.82 Å². The van der Waals surface area contributed by atoms with Gasteiger partial charge in [-0.05, 0) is 29.8 Å². The number of carbonyl (C=O) groups is 2. The topological polar surface area (TPSA) is 58.6 Å². The summed E-state index contributed by atoms with van der Waals surface area (Å²) in [6.45, 7) is -0.0236. The zero-order chi connectivity index (χ0) is 16.4. The smallest absolute Gasteiger partial charge is 0.264 e. The number of fused-ring (bicyclic) bond motifs is 1. The number of hydrogen-bond donors (Lipinski definition) is 1. The minimum absolute atomic E-state index is 0.0236. The lowest BCUT2D eigenvalue weighted by Crippen LogP contribution is -2.36. The fourth-order valence-corrected chi connectivity index (χ4v) is 2.47. The fourth-order valence-electron chi connectivity index (χ4n) is 2.47. The van der Waals surface area contributed by atoms with Crippen LogP contribution < -0.4 is 15.0 Å². The molecule has 2 amide bonds. The first-order chi connectivity index (χ1) is 11.0. The Morgan fingerprint density at radius 1 is 1.30 bits per heavy atom. The maximum atomic E-state index is 13.2. The zero-order valence-electron chi connectivity index (χ0n) is 12.5. The van der Waals surface area contributed by atoms with Crippen LogP contribution in [0.1, 0.15) is 5.56 Å². The maximum Gasteiger partial charge on any atom is 0.264 e. The van der Waals surface area contributed by atoms with Gasteiger partial charge in [-0.3, -0.25) is 9.59 Å². The van der Waals surface area contributed by atoms with Gasteiger partial charge in [-0.1, -0.05) is 18.2 Å². The highest BCUT2D eigenvalue weighted by Gasteiger charge is 2.25. The molecule has 1 N–H and O–H groups in total. The number of hydrogen-bond acceptors (Lipinski definition) is 3. The zero-order valence-corrected chi connectivity index (χ0v) is 12.5. The monoisotopic (exact) mass is 314 g/mol. The van der Waals surface area contributed by atoms with Gasteiger partial charge in [0.05, 0.1) is 12.1 Å². The van der Waals surface area contributed by atoms with Crippen LogP contribution in [-0.2, 0) is 16.0 Å². The average molecular weight is 314 g/mol. The molecule has 6 heteroatoms. The Hall–Kier alpha value is -2.89. The number of nitrogens with zero attached hydrogens (tertiary/aromatic N) is 1. The van der Waals surface area contributed by atoms with Crippen molar-refractivity contribution >= 4 is 23.2 Å². The minimum Gasteiger partial charge on any atom is -0.481 e. The Labute approximate surface area is 132 Å². The largest absolute Gasteiger partial charge is 0.481 e. The van der Waals surface area contributed by atoms with E-state index in [1.54, 1.807) is 37.4 Å². The second kappa shape index (κ2) is 6.08. The summed E-state index contributed by atoms with van der Waals surface area (Å²) in [4.78, 5) is 25.4. The number of carbonyl (C=O) groups excluding carboxylic acids is 2. The summed E-state index contributed by atoms with van der Waals surface area (Å²) in [6.07, 6.45) is 0.0416. The van der Waals surface area contributed by atoms with E-state index in [2.05, 4.69) is 5.32 Å². The van der Waals surface area contributed by atoms with E-state index in [9.17, 15) is 14.0 Å². The van der Waals surface area contributed by atoms with Crippen LogP contribution in [0.3, 0.4) is 0 Å². The van der Waals surface area contributed by atoms with Gasteiger partial charge in [0.25, 0.3) is 5.91 Å². The van der Waals surface area contributed by atoms with Crippen LogP contribution in [0.5, 0.6) is 5.75 Å². The van der Waals surface area contributed by atoms with Crippen LogP contribution in [0.2, 0.25) is 0 Å². The minimum atomic E-state index is -0.383. The van der Waals surface area contributed by atoms with Crippen LogP contribution in [0.15, 0.2) is 42.5 Å². The van der Waals surface area contributed by atoms with Crippen molar-refractivity contribution in [2.75, 3.05) is 23.9 Å². The predicted octanol–water partition coefficient (Wildman–Crippen LogP) is 2.36. The Morgan fingerprint density at radius 2 is 2.09 bits per heavy atom. The van der Waals surface area contributed by atoms with Crippen molar-refractivity contribution in [2.45, 2.75) is 6.42 Å². The van der Waals surface area contributed by atoms with Gasteiger partial charge in [0.15, 0.2) is 6.61 Å². The summed E-state index contributed by atoms with van der Waals surface area (Å²) in [5, 5.41) is 2.75. The summed E-state index contributed by atoms with van der Waals surface area (Å²) < 4.78 is 18.5. The number of amides is 2. The normalized spacial score (nSPS) is 13.3. The number of halogens is 1. The molecule has 118 valence electrons. The predicted molar refractivity (Wildman–Crippen MR) is 84.1 cm³/mol. The molecule has 0 atom stereocenters. The van der Waals surface area contributed by atoms with Crippen molar-refractivity contribution in [3.63, 3.8) is 0 Å². The van der Waals surface area contributed by atoms with E-state index in [4.69, 9.17) is 4.74 Å². The number of likely N-dealkylation sites (N-methyl/N-ethyl adjacent to an activating group) is 1. The summed E-state index contributed by atoms with van der Waals surface area (Å²) in [5.74, 6) is -0.332. The molecule has 2 aromatic rings. The fraction of sp³-hybridized carbons (Fsp3) is 0.176. The molecule has 0 saturated heterocycles. The molecule has 1 aliphatic rings. The SMILES string of the molecule is CN1C(=O)COc2cccc(NC(=O)Cc3cccc(F)c3)c21. The Morgan fingerprint density at radius 3 is 2.87 bits per heavy atom. The van der Waals surface area contributed by atoms with Crippen LogP contribution in [0.25, 0.3) is 0 Å². The van der Waals surface area contributed by atoms with Crippen molar-refractivity contribution in [2.24, 2.45) is 0 Å². The molecule has 1 heterocycles. The molecule has 0 radical (unpaired) electrons. The van der Waals surface area contributed by atoms with E-state index in [0.717, 1.165) is 0 Å². The van der Waals surface area contributed by atoms with Crippen molar-refractivity contribution in [1.82, 2.24) is 0 Å². The van der Waals surface area contributed by atoms with E-state index in [1.807, 2.05) is 0 Å². The lowest BCUT2D eigenvalue weighted by Gasteiger charge is -2.28. The number of ether oxygens (including phenoxy) is 1. The number of nitrogens with one attached hydrogen (secondary N) is 1. The van der Waals surface area contributed by atoms with E-state index in [-0.39, 0.29) is 30.7 Å². The number of para-hydroxylation sites is 1. The second-order valence-corrected chi connectivity index (χ2v) is 5.25. The Kier molecular flexibility index (Phi) is 3.97. The molecular formula is C17H15FN2O3. The van der Waals surface area contributed by atoms with Crippen molar-refractivity contribution in [3.8, 4) is 5.75 Å². The van der Waals surface area contributed by atoms with Gasteiger partial charge in [-0.25, -0.2) is 4.39 Å². The number of benzene rings is 2. The Bertz CT molecular complexity index is 776. The molecule has 0 spiro atoms. The molecule has 0 saturated carbocycles. The summed E-state index contributed by atoms with van der Waals surface area (Å²) in [5.41, 5.74) is 1.59. The van der Waals surface area contributed by atoms with Crippen LogP contribution >= 0.6 is 0 Å².